The number of hydrogen-bond acceptors (Lipinski definition) is 4. The average molecular weight is 311 g/mol. The van der Waals surface area contributed by atoms with Crippen LogP contribution in [-0.2, 0) is 4.74 Å². The third-order valence-corrected chi connectivity index (χ3v) is 2.98. The summed E-state index contributed by atoms with van der Waals surface area (Å²) in [6, 6.07) is 5.82. The second-order valence-electron chi connectivity index (χ2n) is 3.75. The molecule has 1 heterocycles. The Balaban J connectivity index is 2.29. The molecule has 2 aromatic rings. The van der Waals surface area contributed by atoms with Gasteiger partial charge < -0.3 is 15.2 Å². The van der Waals surface area contributed by atoms with Crippen molar-refractivity contribution in [3.8, 4) is 5.75 Å². The van der Waals surface area contributed by atoms with E-state index in [9.17, 15) is 0 Å². The minimum atomic E-state index is 0.476. The molecule has 2 rings (SSSR count). The fourth-order valence-electron chi connectivity index (χ4n) is 1.66. The van der Waals surface area contributed by atoms with Gasteiger partial charge in [0.2, 0.25) is 0 Å². The highest BCUT2D eigenvalue weighted by molar-refractivity contribution is 9.10. The fraction of sp³-hybridized carbons (Fsp3) is 0.308. The molecule has 1 aromatic heterocycles. The Kier molecular flexibility index (Phi) is 4.38. The lowest BCUT2D eigenvalue weighted by molar-refractivity contribution is 0.111. The van der Waals surface area contributed by atoms with Crippen LogP contribution < -0.4 is 10.5 Å². The Morgan fingerprint density at radius 2 is 2.17 bits per heavy atom. The quantitative estimate of drug-likeness (QED) is 0.863. The summed E-state index contributed by atoms with van der Waals surface area (Å²) in [5.41, 5.74) is 7.31. The number of hydrogen-bond donors (Lipinski definition) is 1. The SMILES string of the molecule is CCOCCOc1c(N)cnc2ccc(Br)cc12. The molecule has 0 saturated heterocycles. The first-order valence-corrected chi connectivity index (χ1v) is 6.56. The van der Waals surface area contributed by atoms with Gasteiger partial charge in [0.25, 0.3) is 0 Å². The third kappa shape index (κ3) is 2.91. The third-order valence-electron chi connectivity index (χ3n) is 2.49. The van der Waals surface area contributed by atoms with Crippen molar-refractivity contribution in [1.29, 1.82) is 0 Å². The summed E-state index contributed by atoms with van der Waals surface area (Å²) < 4.78 is 11.9. The van der Waals surface area contributed by atoms with E-state index in [0.717, 1.165) is 15.4 Å². The summed E-state index contributed by atoms with van der Waals surface area (Å²) in [6.45, 7) is 3.66. The van der Waals surface area contributed by atoms with Crippen molar-refractivity contribution in [2.45, 2.75) is 6.92 Å². The molecular weight excluding hydrogens is 296 g/mol. The zero-order chi connectivity index (χ0) is 13.0. The highest BCUT2D eigenvalue weighted by atomic mass is 79.9. The van der Waals surface area contributed by atoms with Crippen LogP contribution in [0.15, 0.2) is 28.9 Å². The normalized spacial score (nSPS) is 10.8. The predicted octanol–water partition coefficient (Wildman–Crippen LogP) is 2.99. The number of pyridine rings is 1. The van der Waals surface area contributed by atoms with E-state index >= 15 is 0 Å². The Morgan fingerprint density at radius 3 is 2.94 bits per heavy atom. The second-order valence-corrected chi connectivity index (χ2v) is 4.67. The van der Waals surface area contributed by atoms with Crippen LogP contribution in [0.4, 0.5) is 5.69 Å². The second kappa shape index (κ2) is 6.02. The van der Waals surface area contributed by atoms with Crippen LogP contribution in [0.3, 0.4) is 0 Å². The van der Waals surface area contributed by atoms with Crippen molar-refractivity contribution >= 4 is 32.5 Å². The van der Waals surface area contributed by atoms with Gasteiger partial charge in [-0.1, -0.05) is 15.9 Å². The number of nitrogens with two attached hydrogens (primary N) is 1. The van der Waals surface area contributed by atoms with E-state index in [-0.39, 0.29) is 0 Å². The lowest BCUT2D eigenvalue weighted by atomic mass is 10.2. The highest BCUT2D eigenvalue weighted by Crippen LogP contribution is 2.32. The first-order chi connectivity index (χ1) is 8.72. The Bertz CT molecular complexity index is 540. The standard InChI is InChI=1S/C13H15BrN2O2/c1-2-17-5-6-18-13-10-7-9(14)3-4-12(10)16-8-11(13)15/h3-4,7-8H,2,5-6,15H2,1H3. The van der Waals surface area contributed by atoms with Crippen LogP contribution in [0.2, 0.25) is 0 Å². The molecule has 0 aliphatic heterocycles. The van der Waals surface area contributed by atoms with Gasteiger partial charge in [-0.05, 0) is 25.1 Å². The number of nitrogens with zero attached hydrogens (tertiary/aromatic N) is 1. The number of nitrogen functional groups attached to an aromatic ring is 1. The molecule has 18 heavy (non-hydrogen) atoms. The molecule has 0 atom stereocenters. The van der Waals surface area contributed by atoms with Crippen molar-refractivity contribution in [3.63, 3.8) is 0 Å². The highest BCUT2D eigenvalue weighted by Gasteiger charge is 2.08. The van der Waals surface area contributed by atoms with Gasteiger partial charge in [-0.2, -0.15) is 0 Å². The smallest absolute Gasteiger partial charge is 0.153 e. The minimum Gasteiger partial charge on any atom is -0.488 e. The van der Waals surface area contributed by atoms with Gasteiger partial charge in [-0.3, -0.25) is 4.98 Å². The number of ether oxygens (including phenoxy) is 2. The summed E-state index contributed by atoms with van der Waals surface area (Å²) in [6.07, 6.45) is 1.62. The summed E-state index contributed by atoms with van der Waals surface area (Å²) >= 11 is 3.44. The van der Waals surface area contributed by atoms with Crippen LogP contribution in [-0.4, -0.2) is 24.8 Å². The topological polar surface area (TPSA) is 57.4 Å². The maximum absolute atomic E-state index is 5.91. The maximum atomic E-state index is 5.91. The van der Waals surface area contributed by atoms with Crippen LogP contribution in [0.5, 0.6) is 5.75 Å². The summed E-state index contributed by atoms with van der Waals surface area (Å²) in [5.74, 6) is 0.668. The number of aromatic nitrogens is 1. The van der Waals surface area contributed by atoms with E-state index in [0.29, 0.717) is 31.3 Å². The number of benzene rings is 1. The van der Waals surface area contributed by atoms with Crippen LogP contribution in [0.25, 0.3) is 10.9 Å². The van der Waals surface area contributed by atoms with E-state index in [1.807, 2.05) is 25.1 Å². The van der Waals surface area contributed by atoms with Gasteiger partial charge in [0, 0.05) is 16.5 Å². The molecule has 4 nitrogen and oxygen atoms in total. The molecule has 1 aromatic carbocycles. The zero-order valence-electron chi connectivity index (χ0n) is 10.1. The molecule has 0 saturated carbocycles. The minimum absolute atomic E-state index is 0.476. The van der Waals surface area contributed by atoms with E-state index in [2.05, 4.69) is 20.9 Å². The van der Waals surface area contributed by atoms with Gasteiger partial charge in [-0.25, -0.2) is 0 Å². The number of anilines is 1. The molecule has 0 aliphatic rings. The number of fused-ring (bicyclic) bond motifs is 1. The lowest BCUT2D eigenvalue weighted by Gasteiger charge is -2.11. The molecule has 0 amide bonds. The predicted molar refractivity (Wildman–Crippen MR) is 75.8 cm³/mol. The van der Waals surface area contributed by atoms with Gasteiger partial charge >= 0.3 is 0 Å². The molecular formula is C13H15BrN2O2. The van der Waals surface area contributed by atoms with E-state index < -0.39 is 0 Å². The van der Waals surface area contributed by atoms with Crippen LogP contribution >= 0.6 is 15.9 Å². The monoisotopic (exact) mass is 310 g/mol. The van der Waals surface area contributed by atoms with Crippen LogP contribution in [0.1, 0.15) is 6.92 Å². The Labute approximate surface area is 114 Å². The molecule has 2 N–H and O–H groups in total. The van der Waals surface area contributed by atoms with Crippen molar-refractivity contribution in [1.82, 2.24) is 4.98 Å². The number of rotatable bonds is 5. The Morgan fingerprint density at radius 1 is 1.33 bits per heavy atom. The van der Waals surface area contributed by atoms with Crippen LogP contribution in [0, 0.1) is 0 Å². The molecule has 0 spiro atoms. The van der Waals surface area contributed by atoms with Crippen molar-refractivity contribution < 1.29 is 9.47 Å². The van der Waals surface area contributed by atoms with E-state index in [1.165, 1.54) is 0 Å². The molecule has 5 heteroatoms. The van der Waals surface area contributed by atoms with Crippen molar-refractivity contribution in [3.05, 3.63) is 28.9 Å². The fourth-order valence-corrected chi connectivity index (χ4v) is 2.03. The molecule has 96 valence electrons. The van der Waals surface area contributed by atoms with Crippen molar-refractivity contribution in [2.24, 2.45) is 0 Å². The molecule has 0 unspecified atom stereocenters. The van der Waals surface area contributed by atoms with Gasteiger partial charge in [0.15, 0.2) is 5.75 Å². The Hall–Kier alpha value is -1.33. The molecule has 0 bridgehead atoms. The maximum Gasteiger partial charge on any atom is 0.153 e. The number of halogens is 1. The van der Waals surface area contributed by atoms with E-state index in [1.54, 1.807) is 6.20 Å². The van der Waals surface area contributed by atoms with Gasteiger partial charge in [0.05, 0.1) is 24.0 Å². The lowest BCUT2D eigenvalue weighted by Crippen LogP contribution is -2.08. The first-order valence-electron chi connectivity index (χ1n) is 5.76. The summed E-state index contributed by atoms with van der Waals surface area (Å²) in [5, 5.41) is 0.904. The average Bonchev–Trinajstić information content (AvgIpc) is 2.36. The molecule has 0 fully saturated rings. The largest absolute Gasteiger partial charge is 0.488 e. The van der Waals surface area contributed by atoms with E-state index in [4.69, 9.17) is 15.2 Å². The summed E-state index contributed by atoms with van der Waals surface area (Å²) in [4.78, 5) is 4.27. The summed E-state index contributed by atoms with van der Waals surface area (Å²) in [7, 11) is 0. The molecule has 0 aliphatic carbocycles. The molecule has 0 radical (unpaired) electrons. The zero-order valence-corrected chi connectivity index (χ0v) is 11.7. The van der Waals surface area contributed by atoms with Crippen molar-refractivity contribution in [2.75, 3.05) is 25.6 Å². The first kappa shape index (κ1) is 13.1. The van der Waals surface area contributed by atoms with Gasteiger partial charge in [-0.15, -0.1) is 0 Å². The van der Waals surface area contributed by atoms with Gasteiger partial charge in [0.1, 0.15) is 6.61 Å².